The van der Waals surface area contributed by atoms with E-state index in [2.05, 4.69) is 27.5 Å². The van der Waals surface area contributed by atoms with E-state index in [1.54, 1.807) is 18.4 Å². The van der Waals surface area contributed by atoms with Crippen molar-refractivity contribution < 1.29 is 4.74 Å². The summed E-state index contributed by atoms with van der Waals surface area (Å²) in [6, 6.07) is 7.69. The first kappa shape index (κ1) is 23.1. The average molecular weight is 509 g/mol. The summed E-state index contributed by atoms with van der Waals surface area (Å²) in [5.41, 5.74) is 1.02. The summed E-state index contributed by atoms with van der Waals surface area (Å²) in [5.74, 6) is 0.778. The van der Waals surface area contributed by atoms with Gasteiger partial charge in [-0.05, 0) is 31.5 Å². The molecule has 8 heteroatoms. The highest BCUT2D eigenvalue weighted by molar-refractivity contribution is 14.0. The maximum Gasteiger partial charge on any atom is 0.191 e. The Morgan fingerprint density at radius 3 is 2.81 bits per heavy atom. The van der Waals surface area contributed by atoms with Crippen molar-refractivity contribution in [3.8, 4) is 0 Å². The number of nitrogens with one attached hydrogen (secondary N) is 2. The fourth-order valence-corrected chi connectivity index (χ4v) is 3.33. The molecule has 2 N–H and O–H groups in total. The summed E-state index contributed by atoms with van der Waals surface area (Å²) < 4.78 is 5.57. The molecule has 1 aromatic carbocycles. The van der Waals surface area contributed by atoms with Gasteiger partial charge in [-0.15, -0.1) is 35.3 Å². The van der Waals surface area contributed by atoms with Gasteiger partial charge in [0.15, 0.2) is 5.96 Å². The number of hydrogen-bond donors (Lipinski definition) is 2. The number of aliphatic imine (C=N–C) groups is 1. The number of hydrogen-bond acceptors (Lipinski definition) is 4. The second kappa shape index (κ2) is 12.5. The van der Waals surface area contributed by atoms with E-state index >= 15 is 0 Å². The molecule has 0 spiro atoms. The fraction of sp³-hybridized carbons (Fsp3) is 0.444. The molecule has 0 saturated heterocycles. The van der Waals surface area contributed by atoms with Crippen molar-refractivity contribution in [2.24, 2.45) is 4.99 Å². The van der Waals surface area contributed by atoms with Crippen LogP contribution < -0.4 is 10.6 Å². The van der Waals surface area contributed by atoms with Crippen LogP contribution in [0, 0.1) is 6.92 Å². The van der Waals surface area contributed by atoms with Gasteiger partial charge in [0, 0.05) is 42.7 Å². The topological polar surface area (TPSA) is 58.5 Å². The van der Waals surface area contributed by atoms with Crippen molar-refractivity contribution >= 4 is 52.9 Å². The van der Waals surface area contributed by atoms with Gasteiger partial charge in [-0.1, -0.05) is 23.7 Å². The largest absolute Gasteiger partial charge is 0.375 e. The zero-order valence-electron chi connectivity index (χ0n) is 15.3. The summed E-state index contributed by atoms with van der Waals surface area (Å²) in [4.78, 5) is 10.3. The summed E-state index contributed by atoms with van der Waals surface area (Å²) in [6.45, 7) is 6.22. The average Bonchev–Trinajstić information content (AvgIpc) is 3.01. The Balaban J connectivity index is 0.00000338. The summed E-state index contributed by atoms with van der Waals surface area (Å²) in [6.07, 6.45) is 2.66. The third-order valence-electron chi connectivity index (χ3n) is 3.56. The Morgan fingerprint density at radius 1 is 1.38 bits per heavy atom. The molecular weight excluding hydrogens is 483 g/mol. The predicted molar refractivity (Wildman–Crippen MR) is 121 cm³/mol. The standard InChI is InChI=1S/C18H25ClN4OS.HI/c1-4-20-18(21-9-8-17-22-11-13(2)25-17)23-12-16(24-3)14-6-5-7-15(19)10-14;/h5-7,10-11,16H,4,8-9,12H2,1-3H3,(H2,20,21,23);1H. The molecule has 0 fully saturated rings. The van der Waals surface area contributed by atoms with E-state index in [9.17, 15) is 0 Å². The quantitative estimate of drug-likeness (QED) is 0.319. The lowest BCUT2D eigenvalue weighted by Crippen LogP contribution is -2.38. The molecule has 1 atom stereocenters. The van der Waals surface area contributed by atoms with Gasteiger partial charge in [0.1, 0.15) is 6.10 Å². The number of methoxy groups -OCH3 is 1. The molecular formula is C18H26ClIN4OS. The summed E-state index contributed by atoms with van der Waals surface area (Å²) >= 11 is 7.80. The molecule has 144 valence electrons. The normalized spacial score (nSPS) is 12.4. The first-order valence-corrected chi connectivity index (χ1v) is 9.53. The van der Waals surface area contributed by atoms with Crippen LogP contribution in [0.5, 0.6) is 0 Å². The number of benzene rings is 1. The number of ether oxygens (including phenoxy) is 1. The molecule has 26 heavy (non-hydrogen) atoms. The number of halogens is 2. The van der Waals surface area contributed by atoms with E-state index in [1.165, 1.54) is 4.88 Å². The monoisotopic (exact) mass is 508 g/mol. The molecule has 2 aromatic rings. The minimum Gasteiger partial charge on any atom is -0.375 e. The first-order valence-electron chi connectivity index (χ1n) is 8.34. The van der Waals surface area contributed by atoms with Crippen LogP contribution in [0.4, 0.5) is 0 Å². The van der Waals surface area contributed by atoms with Crippen LogP contribution in [0.1, 0.15) is 28.5 Å². The predicted octanol–water partition coefficient (Wildman–Crippen LogP) is 4.21. The van der Waals surface area contributed by atoms with E-state index in [0.29, 0.717) is 11.6 Å². The molecule has 0 aliphatic carbocycles. The van der Waals surface area contributed by atoms with Crippen molar-refractivity contribution in [1.29, 1.82) is 0 Å². The van der Waals surface area contributed by atoms with Crippen LogP contribution in [-0.2, 0) is 11.2 Å². The van der Waals surface area contributed by atoms with Gasteiger partial charge >= 0.3 is 0 Å². The third-order valence-corrected chi connectivity index (χ3v) is 4.77. The number of aromatic nitrogens is 1. The van der Waals surface area contributed by atoms with Crippen LogP contribution in [0.2, 0.25) is 5.02 Å². The molecule has 1 aromatic heterocycles. The van der Waals surface area contributed by atoms with Crippen LogP contribution in [0.3, 0.4) is 0 Å². The summed E-state index contributed by atoms with van der Waals surface area (Å²) in [5, 5.41) is 8.44. The molecule has 0 amide bonds. The number of nitrogens with zero attached hydrogens (tertiary/aromatic N) is 2. The number of aryl methyl sites for hydroxylation is 1. The number of thiazole rings is 1. The van der Waals surface area contributed by atoms with E-state index in [1.807, 2.05) is 37.4 Å². The smallest absolute Gasteiger partial charge is 0.191 e. The molecule has 0 aliphatic heterocycles. The maximum absolute atomic E-state index is 6.07. The second-order valence-electron chi connectivity index (χ2n) is 5.54. The molecule has 0 bridgehead atoms. The molecule has 0 saturated carbocycles. The Morgan fingerprint density at radius 2 is 2.19 bits per heavy atom. The van der Waals surface area contributed by atoms with Gasteiger partial charge in [0.2, 0.25) is 0 Å². The lowest BCUT2D eigenvalue weighted by molar-refractivity contribution is 0.111. The zero-order valence-corrected chi connectivity index (χ0v) is 19.2. The van der Waals surface area contributed by atoms with Gasteiger partial charge < -0.3 is 15.4 Å². The molecule has 0 aliphatic rings. The fourth-order valence-electron chi connectivity index (χ4n) is 2.34. The SMILES string of the molecule is CCNC(=NCC(OC)c1cccc(Cl)c1)NCCc1ncc(C)s1.I. The Bertz CT molecular complexity index is 695. The Labute approximate surface area is 181 Å². The highest BCUT2D eigenvalue weighted by atomic mass is 127. The van der Waals surface area contributed by atoms with Crippen LogP contribution in [0.15, 0.2) is 35.5 Å². The number of guanidine groups is 1. The first-order chi connectivity index (χ1) is 12.1. The van der Waals surface area contributed by atoms with Gasteiger partial charge in [0.05, 0.1) is 11.6 Å². The van der Waals surface area contributed by atoms with E-state index in [-0.39, 0.29) is 30.1 Å². The van der Waals surface area contributed by atoms with Crippen molar-refractivity contribution in [1.82, 2.24) is 15.6 Å². The van der Waals surface area contributed by atoms with Crippen molar-refractivity contribution in [3.63, 3.8) is 0 Å². The zero-order chi connectivity index (χ0) is 18.1. The molecule has 2 rings (SSSR count). The highest BCUT2D eigenvalue weighted by Gasteiger charge is 2.11. The van der Waals surface area contributed by atoms with Crippen LogP contribution >= 0.6 is 46.9 Å². The van der Waals surface area contributed by atoms with Gasteiger partial charge in [0.25, 0.3) is 0 Å². The van der Waals surface area contributed by atoms with E-state index < -0.39 is 0 Å². The maximum atomic E-state index is 6.07. The summed E-state index contributed by atoms with van der Waals surface area (Å²) in [7, 11) is 1.69. The van der Waals surface area contributed by atoms with Crippen LogP contribution in [0.25, 0.3) is 0 Å². The lowest BCUT2D eigenvalue weighted by Gasteiger charge is -2.16. The second-order valence-corrected chi connectivity index (χ2v) is 7.30. The van der Waals surface area contributed by atoms with Crippen molar-refractivity contribution in [2.45, 2.75) is 26.4 Å². The van der Waals surface area contributed by atoms with E-state index in [4.69, 9.17) is 16.3 Å². The highest BCUT2D eigenvalue weighted by Crippen LogP contribution is 2.20. The van der Waals surface area contributed by atoms with Crippen molar-refractivity contribution in [3.05, 3.63) is 50.9 Å². The Hall–Kier alpha value is -0.900. The lowest BCUT2D eigenvalue weighted by atomic mass is 10.1. The van der Waals surface area contributed by atoms with Gasteiger partial charge in [-0.2, -0.15) is 0 Å². The molecule has 0 radical (unpaired) electrons. The minimum atomic E-state index is -0.129. The minimum absolute atomic E-state index is 0. The number of rotatable bonds is 8. The molecule has 1 unspecified atom stereocenters. The van der Waals surface area contributed by atoms with E-state index in [0.717, 1.165) is 36.0 Å². The molecule has 1 heterocycles. The van der Waals surface area contributed by atoms with Gasteiger partial charge in [-0.25, -0.2) is 4.98 Å². The Kier molecular flexibility index (Phi) is 11.1. The molecule has 5 nitrogen and oxygen atoms in total. The third kappa shape index (κ3) is 7.77. The van der Waals surface area contributed by atoms with Crippen molar-refractivity contribution in [2.75, 3.05) is 26.7 Å². The van der Waals surface area contributed by atoms with Crippen LogP contribution in [-0.4, -0.2) is 37.7 Å². The van der Waals surface area contributed by atoms with Gasteiger partial charge in [-0.3, -0.25) is 4.99 Å².